The second-order valence-electron chi connectivity index (χ2n) is 4.68. The number of benzene rings is 2. The first kappa shape index (κ1) is 15.3. The fourth-order valence-corrected chi connectivity index (χ4v) is 2.79. The van der Waals surface area contributed by atoms with Crippen molar-refractivity contribution in [1.29, 1.82) is 0 Å². The van der Waals surface area contributed by atoms with E-state index >= 15 is 0 Å². The van der Waals surface area contributed by atoms with Gasteiger partial charge >= 0.3 is 5.97 Å². The number of hydrogen-bond donors (Lipinski definition) is 1. The first-order chi connectivity index (χ1) is 10.1. The Kier molecular flexibility index (Phi) is 5.17. The molecule has 0 fully saturated rings. The third kappa shape index (κ3) is 4.20. The molecule has 0 bridgehead atoms. The summed E-state index contributed by atoms with van der Waals surface area (Å²) in [6, 6.07) is 17.4. The number of carboxylic acids is 1. The standard InChI is InChI=1S/C17H16O3S/c1-12(18)21-11-16(17(19)20)15-9-7-14(8-10-15)13-5-3-2-4-6-13/h2-10,16H,11H2,1H3,(H,19,20)/t16-/m0/s1. The predicted molar refractivity (Wildman–Crippen MR) is 85.4 cm³/mol. The lowest BCUT2D eigenvalue weighted by molar-refractivity contribution is -0.138. The van der Waals surface area contributed by atoms with Crippen LogP contribution in [0.15, 0.2) is 54.6 Å². The lowest BCUT2D eigenvalue weighted by atomic mass is 9.97. The minimum Gasteiger partial charge on any atom is -0.481 e. The van der Waals surface area contributed by atoms with E-state index in [1.807, 2.05) is 54.6 Å². The molecule has 21 heavy (non-hydrogen) atoms. The molecule has 0 heterocycles. The molecule has 0 radical (unpaired) electrons. The maximum Gasteiger partial charge on any atom is 0.311 e. The molecule has 2 rings (SSSR count). The second kappa shape index (κ2) is 7.09. The number of hydrogen-bond acceptors (Lipinski definition) is 3. The van der Waals surface area contributed by atoms with Crippen LogP contribution in [0.3, 0.4) is 0 Å². The van der Waals surface area contributed by atoms with Crippen molar-refractivity contribution in [2.24, 2.45) is 0 Å². The number of carbonyl (C=O) groups is 2. The van der Waals surface area contributed by atoms with Gasteiger partial charge in [0.25, 0.3) is 0 Å². The Labute approximate surface area is 128 Å². The topological polar surface area (TPSA) is 54.4 Å². The molecule has 0 aliphatic heterocycles. The van der Waals surface area contributed by atoms with E-state index < -0.39 is 11.9 Å². The van der Waals surface area contributed by atoms with Crippen LogP contribution in [0.2, 0.25) is 0 Å². The fourth-order valence-electron chi connectivity index (χ4n) is 2.05. The molecule has 108 valence electrons. The van der Waals surface area contributed by atoms with Gasteiger partial charge in [0.2, 0.25) is 0 Å². The molecule has 0 amide bonds. The van der Waals surface area contributed by atoms with Crippen molar-refractivity contribution in [3.05, 3.63) is 60.2 Å². The molecule has 0 saturated carbocycles. The van der Waals surface area contributed by atoms with Crippen LogP contribution in [-0.2, 0) is 9.59 Å². The summed E-state index contributed by atoms with van der Waals surface area (Å²) in [4.78, 5) is 22.4. The monoisotopic (exact) mass is 300 g/mol. The highest BCUT2D eigenvalue weighted by Gasteiger charge is 2.20. The van der Waals surface area contributed by atoms with Crippen molar-refractivity contribution in [2.45, 2.75) is 12.8 Å². The van der Waals surface area contributed by atoms with Crippen LogP contribution in [0.5, 0.6) is 0 Å². The van der Waals surface area contributed by atoms with E-state index in [9.17, 15) is 14.7 Å². The zero-order chi connectivity index (χ0) is 15.2. The van der Waals surface area contributed by atoms with Crippen molar-refractivity contribution >= 4 is 22.8 Å². The molecule has 1 atom stereocenters. The van der Waals surface area contributed by atoms with Crippen LogP contribution < -0.4 is 0 Å². The van der Waals surface area contributed by atoms with Gasteiger partial charge in [-0.25, -0.2) is 0 Å². The maximum atomic E-state index is 11.3. The third-order valence-electron chi connectivity index (χ3n) is 3.17. The highest BCUT2D eigenvalue weighted by Crippen LogP contribution is 2.25. The second-order valence-corrected chi connectivity index (χ2v) is 5.88. The van der Waals surface area contributed by atoms with Gasteiger partial charge in [-0.3, -0.25) is 9.59 Å². The van der Waals surface area contributed by atoms with Gasteiger partial charge in [-0.05, 0) is 16.7 Å². The van der Waals surface area contributed by atoms with E-state index in [2.05, 4.69) is 0 Å². The van der Waals surface area contributed by atoms with E-state index in [0.717, 1.165) is 28.5 Å². The van der Waals surface area contributed by atoms with Crippen molar-refractivity contribution in [1.82, 2.24) is 0 Å². The number of aliphatic carboxylic acids is 1. The summed E-state index contributed by atoms with van der Waals surface area (Å²) in [5.41, 5.74) is 2.85. The summed E-state index contributed by atoms with van der Waals surface area (Å²) >= 11 is 1.04. The highest BCUT2D eigenvalue weighted by molar-refractivity contribution is 8.13. The molecule has 0 aliphatic carbocycles. The van der Waals surface area contributed by atoms with Crippen molar-refractivity contribution in [3.63, 3.8) is 0 Å². The lowest BCUT2D eigenvalue weighted by Gasteiger charge is -2.12. The van der Waals surface area contributed by atoms with E-state index in [0.29, 0.717) is 0 Å². The largest absolute Gasteiger partial charge is 0.481 e. The predicted octanol–water partition coefficient (Wildman–Crippen LogP) is 3.80. The van der Waals surface area contributed by atoms with Gasteiger partial charge in [0, 0.05) is 12.7 Å². The number of rotatable bonds is 5. The average molecular weight is 300 g/mol. The summed E-state index contributed by atoms with van der Waals surface area (Å²) in [7, 11) is 0. The third-order valence-corrected chi connectivity index (χ3v) is 4.08. The Morgan fingerprint density at radius 1 is 1.00 bits per heavy atom. The molecule has 0 aliphatic rings. The van der Waals surface area contributed by atoms with Crippen molar-refractivity contribution < 1.29 is 14.7 Å². The van der Waals surface area contributed by atoms with Crippen LogP contribution >= 0.6 is 11.8 Å². The van der Waals surface area contributed by atoms with Crippen LogP contribution in [0.4, 0.5) is 0 Å². The van der Waals surface area contributed by atoms with Gasteiger partial charge in [-0.15, -0.1) is 0 Å². The molecule has 0 spiro atoms. The Hall–Kier alpha value is -2.07. The van der Waals surface area contributed by atoms with Gasteiger partial charge < -0.3 is 5.11 Å². The van der Waals surface area contributed by atoms with E-state index in [-0.39, 0.29) is 10.9 Å². The highest BCUT2D eigenvalue weighted by atomic mass is 32.2. The maximum absolute atomic E-state index is 11.3. The summed E-state index contributed by atoms with van der Waals surface area (Å²) in [5.74, 6) is -1.31. The molecule has 0 unspecified atom stereocenters. The summed E-state index contributed by atoms with van der Waals surface area (Å²) in [5, 5.41) is 9.23. The van der Waals surface area contributed by atoms with E-state index in [4.69, 9.17) is 0 Å². The Bertz CT molecular complexity index is 620. The summed E-state index contributed by atoms with van der Waals surface area (Å²) in [6.07, 6.45) is 0. The van der Waals surface area contributed by atoms with Crippen molar-refractivity contribution in [3.8, 4) is 11.1 Å². The van der Waals surface area contributed by atoms with Gasteiger partial charge in [0.1, 0.15) is 0 Å². The molecule has 1 N–H and O–H groups in total. The smallest absolute Gasteiger partial charge is 0.311 e. The Morgan fingerprint density at radius 3 is 2.10 bits per heavy atom. The summed E-state index contributed by atoms with van der Waals surface area (Å²) in [6.45, 7) is 1.45. The Morgan fingerprint density at radius 2 is 1.57 bits per heavy atom. The molecule has 0 saturated heterocycles. The quantitative estimate of drug-likeness (QED) is 0.912. The van der Waals surface area contributed by atoms with Crippen LogP contribution in [-0.4, -0.2) is 21.9 Å². The molecule has 2 aromatic rings. The lowest BCUT2D eigenvalue weighted by Crippen LogP contribution is -2.14. The average Bonchev–Trinajstić information content (AvgIpc) is 2.48. The van der Waals surface area contributed by atoms with Gasteiger partial charge in [-0.1, -0.05) is 66.4 Å². The van der Waals surface area contributed by atoms with Gasteiger partial charge in [0.05, 0.1) is 5.92 Å². The first-order valence-corrected chi connectivity index (χ1v) is 7.58. The van der Waals surface area contributed by atoms with Crippen molar-refractivity contribution in [2.75, 3.05) is 5.75 Å². The van der Waals surface area contributed by atoms with Crippen LogP contribution in [0.25, 0.3) is 11.1 Å². The molecular formula is C17H16O3S. The minimum absolute atomic E-state index is 0.0674. The number of carboxylic acid groups (broad SMARTS) is 1. The Balaban J connectivity index is 2.19. The molecule has 2 aromatic carbocycles. The first-order valence-electron chi connectivity index (χ1n) is 6.59. The fraction of sp³-hybridized carbons (Fsp3) is 0.176. The minimum atomic E-state index is -0.906. The van der Waals surface area contributed by atoms with Gasteiger partial charge in [-0.2, -0.15) is 0 Å². The molecule has 3 nitrogen and oxygen atoms in total. The van der Waals surface area contributed by atoms with E-state index in [1.54, 1.807) is 0 Å². The van der Waals surface area contributed by atoms with Crippen LogP contribution in [0.1, 0.15) is 18.4 Å². The molecular weight excluding hydrogens is 284 g/mol. The SMILES string of the molecule is CC(=O)SC[C@H](C(=O)O)c1ccc(-c2ccccc2)cc1. The number of thioether (sulfide) groups is 1. The van der Waals surface area contributed by atoms with Gasteiger partial charge in [0.15, 0.2) is 5.12 Å². The van der Waals surface area contributed by atoms with Crippen LogP contribution in [0, 0.1) is 0 Å². The molecule has 4 heteroatoms. The van der Waals surface area contributed by atoms with E-state index in [1.165, 1.54) is 6.92 Å². The number of carbonyl (C=O) groups excluding carboxylic acids is 1. The normalized spacial score (nSPS) is 11.9. The zero-order valence-corrected chi connectivity index (χ0v) is 12.5. The summed E-state index contributed by atoms with van der Waals surface area (Å²) < 4.78 is 0. The molecule has 0 aromatic heterocycles. The zero-order valence-electron chi connectivity index (χ0n) is 11.7.